The highest BCUT2D eigenvalue weighted by molar-refractivity contribution is 4.93. The van der Waals surface area contributed by atoms with Crippen molar-refractivity contribution in [1.82, 2.24) is 4.90 Å². The number of rotatable bonds is 2. The maximum atomic E-state index is 6.68. The molecule has 0 radical (unpaired) electrons. The molecule has 0 spiro atoms. The van der Waals surface area contributed by atoms with Gasteiger partial charge in [0.15, 0.2) is 0 Å². The normalized spacial score (nSPS) is 37.9. The molecule has 2 fully saturated rings. The van der Waals surface area contributed by atoms with Gasteiger partial charge >= 0.3 is 0 Å². The predicted octanol–water partition coefficient (Wildman–Crippen LogP) is 4.86. The van der Waals surface area contributed by atoms with Crippen LogP contribution in [0, 0.1) is 0 Å². The van der Waals surface area contributed by atoms with Gasteiger partial charge in [0, 0.05) is 24.2 Å². The summed E-state index contributed by atoms with van der Waals surface area (Å²) in [7, 11) is 0. The van der Waals surface area contributed by atoms with Gasteiger partial charge in [-0.3, -0.25) is 4.90 Å². The minimum Gasteiger partial charge on any atom is -0.326 e. The third-order valence-corrected chi connectivity index (χ3v) is 5.98. The summed E-state index contributed by atoms with van der Waals surface area (Å²) in [4.78, 5) is 2.83. The molecule has 0 aromatic carbocycles. The van der Waals surface area contributed by atoms with E-state index in [1.807, 2.05) is 0 Å². The van der Waals surface area contributed by atoms with E-state index in [2.05, 4.69) is 18.7 Å². The molecule has 4 atom stereocenters. The standard InChI is InChI=1S/C19H38N2/c1-3-17-15-14-16(2)21(17)19-13-11-9-7-5-4-6-8-10-12-18(19)20/h16-19H,3-15,20H2,1-2H3. The van der Waals surface area contributed by atoms with Crippen LogP contribution in [0.25, 0.3) is 0 Å². The van der Waals surface area contributed by atoms with Gasteiger partial charge in [0.2, 0.25) is 0 Å². The van der Waals surface area contributed by atoms with Gasteiger partial charge in [0.25, 0.3) is 0 Å². The van der Waals surface area contributed by atoms with E-state index in [4.69, 9.17) is 5.73 Å². The summed E-state index contributed by atoms with van der Waals surface area (Å²) in [5.41, 5.74) is 6.68. The fourth-order valence-electron chi connectivity index (χ4n) is 4.68. The summed E-state index contributed by atoms with van der Waals surface area (Å²) >= 11 is 0. The highest BCUT2D eigenvalue weighted by Gasteiger charge is 2.36. The molecule has 0 aromatic rings. The molecule has 0 amide bonds. The van der Waals surface area contributed by atoms with Crippen LogP contribution in [-0.4, -0.2) is 29.1 Å². The first kappa shape index (κ1) is 17.3. The Kier molecular flexibility index (Phi) is 7.53. The zero-order valence-electron chi connectivity index (χ0n) is 14.5. The summed E-state index contributed by atoms with van der Waals surface area (Å²) < 4.78 is 0. The van der Waals surface area contributed by atoms with E-state index in [-0.39, 0.29) is 0 Å². The van der Waals surface area contributed by atoms with E-state index in [0.29, 0.717) is 12.1 Å². The highest BCUT2D eigenvalue weighted by atomic mass is 15.2. The Balaban J connectivity index is 2.00. The molecule has 1 saturated carbocycles. The molecule has 1 heterocycles. The Morgan fingerprint density at radius 2 is 1.38 bits per heavy atom. The number of nitrogens with two attached hydrogens (primary N) is 1. The first-order valence-electron chi connectivity index (χ1n) is 9.77. The fraction of sp³-hybridized carbons (Fsp3) is 1.00. The smallest absolute Gasteiger partial charge is 0.0252 e. The Morgan fingerprint density at radius 3 is 2.00 bits per heavy atom. The van der Waals surface area contributed by atoms with Crippen LogP contribution in [0.1, 0.15) is 97.3 Å². The second-order valence-electron chi connectivity index (χ2n) is 7.57. The van der Waals surface area contributed by atoms with E-state index < -0.39 is 0 Å². The topological polar surface area (TPSA) is 29.3 Å². The quantitative estimate of drug-likeness (QED) is 0.788. The van der Waals surface area contributed by atoms with Gasteiger partial charge < -0.3 is 5.73 Å². The summed E-state index contributed by atoms with van der Waals surface area (Å²) in [5.74, 6) is 0. The van der Waals surface area contributed by atoms with Gasteiger partial charge in [-0.15, -0.1) is 0 Å². The molecule has 0 bridgehead atoms. The van der Waals surface area contributed by atoms with Crippen molar-refractivity contribution < 1.29 is 0 Å². The molecule has 1 aliphatic heterocycles. The van der Waals surface area contributed by atoms with E-state index in [1.54, 1.807) is 0 Å². The van der Waals surface area contributed by atoms with Crippen molar-refractivity contribution in [2.24, 2.45) is 5.73 Å². The Morgan fingerprint density at radius 1 is 0.810 bits per heavy atom. The van der Waals surface area contributed by atoms with Crippen LogP contribution in [0.15, 0.2) is 0 Å². The molecular weight excluding hydrogens is 256 g/mol. The Hall–Kier alpha value is -0.0800. The van der Waals surface area contributed by atoms with Crippen LogP contribution in [0.3, 0.4) is 0 Å². The molecule has 2 aliphatic rings. The lowest BCUT2D eigenvalue weighted by atomic mass is 9.92. The van der Waals surface area contributed by atoms with Crippen LogP contribution in [0.2, 0.25) is 0 Å². The van der Waals surface area contributed by atoms with Gasteiger partial charge in [0.1, 0.15) is 0 Å². The van der Waals surface area contributed by atoms with Crippen molar-refractivity contribution in [3.8, 4) is 0 Å². The lowest BCUT2D eigenvalue weighted by Crippen LogP contribution is -2.52. The molecule has 2 nitrogen and oxygen atoms in total. The van der Waals surface area contributed by atoms with Gasteiger partial charge in [-0.05, 0) is 39.0 Å². The number of likely N-dealkylation sites (tertiary alicyclic amines) is 1. The Labute approximate surface area is 132 Å². The van der Waals surface area contributed by atoms with Crippen molar-refractivity contribution in [2.75, 3.05) is 0 Å². The second-order valence-corrected chi connectivity index (χ2v) is 7.57. The molecule has 0 aromatic heterocycles. The lowest BCUT2D eigenvalue weighted by molar-refractivity contribution is 0.101. The molecular formula is C19H38N2. The maximum absolute atomic E-state index is 6.68. The van der Waals surface area contributed by atoms with E-state index in [9.17, 15) is 0 Å². The Bertz CT molecular complexity index is 279. The molecule has 1 aliphatic carbocycles. The van der Waals surface area contributed by atoms with Gasteiger partial charge in [-0.2, -0.15) is 0 Å². The van der Waals surface area contributed by atoms with E-state index in [0.717, 1.165) is 12.1 Å². The van der Waals surface area contributed by atoms with Crippen molar-refractivity contribution >= 4 is 0 Å². The fourth-order valence-corrected chi connectivity index (χ4v) is 4.68. The van der Waals surface area contributed by atoms with Crippen LogP contribution < -0.4 is 5.73 Å². The van der Waals surface area contributed by atoms with E-state index >= 15 is 0 Å². The summed E-state index contributed by atoms with van der Waals surface area (Å²) in [5, 5.41) is 0. The maximum Gasteiger partial charge on any atom is 0.0252 e. The largest absolute Gasteiger partial charge is 0.326 e. The first-order chi connectivity index (χ1) is 10.2. The number of hydrogen-bond acceptors (Lipinski definition) is 2. The van der Waals surface area contributed by atoms with Gasteiger partial charge in [-0.1, -0.05) is 58.3 Å². The van der Waals surface area contributed by atoms with Gasteiger partial charge in [0.05, 0.1) is 0 Å². The third kappa shape index (κ3) is 4.96. The second kappa shape index (κ2) is 9.15. The van der Waals surface area contributed by atoms with Gasteiger partial charge in [-0.25, -0.2) is 0 Å². The SMILES string of the molecule is CCC1CCC(C)N1C1CCCCCCCCCCC1N. The average Bonchev–Trinajstić information content (AvgIpc) is 2.84. The molecule has 2 rings (SSSR count). The van der Waals surface area contributed by atoms with Crippen LogP contribution in [-0.2, 0) is 0 Å². The van der Waals surface area contributed by atoms with Crippen LogP contribution in [0.5, 0.6) is 0 Å². The lowest BCUT2D eigenvalue weighted by Gasteiger charge is -2.40. The third-order valence-electron chi connectivity index (χ3n) is 5.98. The monoisotopic (exact) mass is 294 g/mol. The first-order valence-corrected chi connectivity index (χ1v) is 9.77. The highest BCUT2D eigenvalue weighted by Crippen LogP contribution is 2.32. The minimum absolute atomic E-state index is 0.402. The zero-order chi connectivity index (χ0) is 15.1. The predicted molar refractivity (Wildman–Crippen MR) is 92.5 cm³/mol. The van der Waals surface area contributed by atoms with Crippen LogP contribution >= 0.6 is 0 Å². The molecule has 2 heteroatoms. The zero-order valence-corrected chi connectivity index (χ0v) is 14.5. The molecule has 21 heavy (non-hydrogen) atoms. The van der Waals surface area contributed by atoms with Crippen LogP contribution in [0.4, 0.5) is 0 Å². The molecule has 2 N–H and O–H groups in total. The van der Waals surface area contributed by atoms with Crippen molar-refractivity contribution in [3.05, 3.63) is 0 Å². The van der Waals surface area contributed by atoms with Crippen molar-refractivity contribution in [3.63, 3.8) is 0 Å². The minimum atomic E-state index is 0.402. The summed E-state index contributed by atoms with van der Waals surface area (Å²) in [6.45, 7) is 4.79. The number of hydrogen-bond donors (Lipinski definition) is 1. The van der Waals surface area contributed by atoms with Crippen molar-refractivity contribution in [2.45, 2.75) is 121 Å². The summed E-state index contributed by atoms with van der Waals surface area (Å²) in [6, 6.07) is 2.59. The molecule has 1 saturated heterocycles. The molecule has 4 unspecified atom stereocenters. The molecule has 124 valence electrons. The summed E-state index contributed by atoms with van der Waals surface area (Å²) in [6.07, 6.45) is 17.9. The average molecular weight is 295 g/mol. The number of nitrogens with zero attached hydrogens (tertiary/aromatic N) is 1. The van der Waals surface area contributed by atoms with Crippen molar-refractivity contribution in [1.29, 1.82) is 0 Å². The van der Waals surface area contributed by atoms with E-state index in [1.165, 1.54) is 83.5 Å².